The number of nitrogens with zero attached hydrogens (tertiary/aromatic N) is 1. The molecule has 0 aliphatic heterocycles. The Balaban J connectivity index is 2.33. The molecule has 0 radical (unpaired) electrons. The van der Waals surface area contributed by atoms with Crippen molar-refractivity contribution in [3.8, 4) is 0 Å². The van der Waals surface area contributed by atoms with Crippen molar-refractivity contribution in [1.82, 2.24) is 10.2 Å². The van der Waals surface area contributed by atoms with Crippen molar-refractivity contribution in [2.45, 2.75) is 58.0 Å². The third-order valence-electron chi connectivity index (χ3n) is 3.31. The number of hydrogen-bond donors (Lipinski definition) is 1. The maximum Gasteiger partial charge on any atom is 0.239 e. The molecule has 0 aromatic rings. The van der Waals surface area contributed by atoms with Crippen molar-refractivity contribution >= 4 is 5.91 Å². The molecule has 0 bridgehead atoms. The molecule has 0 aromatic carbocycles. The number of hydrogen-bond acceptors (Lipinski definition) is 2. The number of carbonyl (C=O) groups excluding carboxylic acids is 1. The van der Waals surface area contributed by atoms with Crippen molar-refractivity contribution in [2.24, 2.45) is 0 Å². The van der Waals surface area contributed by atoms with Gasteiger partial charge in [0.05, 0.1) is 6.04 Å². The summed E-state index contributed by atoms with van der Waals surface area (Å²) in [6.45, 7) is 4.77. The lowest BCUT2D eigenvalue weighted by Crippen LogP contribution is -2.47. The third-order valence-corrected chi connectivity index (χ3v) is 3.31. The molecule has 1 rings (SSSR count). The molecule has 3 nitrogen and oxygen atoms in total. The maximum atomic E-state index is 11.8. The second kappa shape index (κ2) is 6.11. The van der Waals surface area contributed by atoms with Crippen LogP contribution in [0.4, 0.5) is 0 Å². The average Bonchev–Trinajstić information content (AvgIpc) is 2.28. The highest BCUT2D eigenvalue weighted by molar-refractivity contribution is 5.81. The van der Waals surface area contributed by atoms with E-state index in [9.17, 15) is 4.79 Å². The summed E-state index contributed by atoms with van der Waals surface area (Å²) in [7, 11) is 1.86. The van der Waals surface area contributed by atoms with Gasteiger partial charge in [-0.3, -0.25) is 4.79 Å². The zero-order valence-electron chi connectivity index (χ0n) is 10.3. The van der Waals surface area contributed by atoms with Gasteiger partial charge in [0.1, 0.15) is 0 Å². The molecule has 1 atom stereocenters. The van der Waals surface area contributed by atoms with Gasteiger partial charge < -0.3 is 10.2 Å². The highest BCUT2D eigenvalue weighted by Crippen LogP contribution is 2.17. The normalized spacial score (nSPS) is 19.9. The Hall–Kier alpha value is -0.570. The molecule has 0 saturated heterocycles. The minimum atomic E-state index is -0.0296. The van der Waals surface area contributed by atoms with E-state index in [1.54, 1.807) is 4.90 Å². The van der Waals surface area contributed by atoms with Gasteiger partial charge in [-0.1, -0.05) is 19.3 Å². The molecule has 0 spiro atoms. The molecule has 1 saturated carbocycles. The second-order valence-corrected chi connectivity index (χ2v) is 4.58. The third kappa shape index (κ3) is 3.82. The number of rotatable bonds is 4. The Morgan fingerprint density at radius 2 is 2.00 bits per heavy atom. The van der Waals surface area contributed by atoms with Gasteiger partial charge in [0.25, 0.3) is 0 Å². The molecule has 1 aliphatic carbocycles. The van der Waals surface area contributed by atoms with Gasteiger partial charge in [-0.25, -0.2) is 0 Å². The van der Waals surface area contributed by atoms with Crippen LogP contribution in [0.15, 0.2) is 0 Å². The van der Waals surface area contributed by atoms with E-state index in [0.29, 0.717) is 6.04 Å². The molecule has 0 heterocycles. The SMILES string of the molecule is CCN(C)C(=O)C(C)NC1CCCCC1. The highest BCUT2D eigenvalue weighted by atomic mass is 16.2. The highest BCUT2D eigenvalue weighted by Gasteiger charge is 2.21. The summed E-state index contributed by atoms with van der Waals surface area (Å²) in [5.41, 5.74) is 0. The fraction of sp³-hybridized carbons (Fsp3) is 0.917. The van der Waals surface area contributed by atoms with Gasteiger partial charge in [0, 0.05) is 19.6 Å². The standard InChI is InChI=1S/C12H24N2O/c1-4-14(3)12(15)10(2)13-11-8-6-5-7-9-11/h10-11,13H,4-9H2,1-3H3. The van der Waals surface area contributed by atoms with Crippen molar-refractivity contribution in [3.05, 3.63) is 0 Å². The lowest BCUT2D eigenvalue weighted by atomic mass is 9.95. The molecule has 1 amide bonds. The summed E-state index contributed by atoms with van der Waals surface area (Å²) in [6.07, 6.45) is 6.43. The van der Waals surface area contributed by atoms with Gasteiger partial charge in [0.2, 0.25) is 5.91 Å². The van der Waals surface area contributed by atoms with Crippen LogP contribution < -0.4 is 5.32 Å². The van der Waals surface area contributed by atoms with Crippen LogP contribution in [0.2, 0.25) is 0 Å². The molecule has 3 heteroatoms. The van der Waals surface area contributed by atoms with Crippen LogP contribution in [0.1, 0.15) is 46.0 Å². The van der Waals surface area contributed by atoms with Gasteiger partial charge in [-0.05, 0) is 26.7 Å². The lowest BCUT2D eigenvalue weighted by molar-refractivity contribution is -0.131. The Morgan fingerprint density at radius 3 is 2.53 bits per heavy atom. The first-order valence-electron chi connectivity index (χ1n) is 6.16. The molecule has 1 unspecified atom stereocenters. The second-order valence-electron chi connectivity index (χ2n) is 4.58. The molecular weight excluding hydrogens is 188 g/mol. The summed E-state index contributed by atoms with van der Waals surface area (Å²) in [4.78, 5) is 13.6. The van der Waals surface area contributed by atoms with Crippen molar-refractivity contribution in [2.75, 3.05) is 13.6 Å². The van der Waals surface area contributed by atoms with Crippen molar-refractivity contribution < 1.29 is 4.79 Å². The fourth-order valence-corrected chi connectivity index (χ4v) is 2.18. The summed E-state index contributed by atoms with van der Waals surface area (Å²) >= 11 is 0. The largest absolute Gasteiger partial charge is 0.345 e. The Morgan fingerprint density at radius 1 is 1.40 bits per heavy atom. The van der Waals surface area contributed by atoms with Crippen LogP contribution in [0.25, 0.3) is 0 Å². The first-order valence-corrected chi connectivity index (χ1v) is 6.16. The zero-order chi connectivity index (χ0) is 11.3. The Kier molecular flexibility index (Phi) is 5.09. The lowest BCUT2D eigenvalue weighted by Gasteiger charge is -2.28. The molecule has 0 aromatic heterocycles. The number of amides is 1. The molecule has 1 fully saturated rings. The molecule has 88 valence electrons. The Bertz CT molecular complexity index is 200. The van der Waals surface area contributed by atoms with Crippen LogP contribution in [0.5, 0.6) is 0 Å². The van der Waals surface area contributed by atoms with E-state index < -0.39 is 0 Å². The fourth-order valence-electron chi connectivity index (χ4n) is 2.18. The van der Waals surface area contributed by atoms with E-state index in [-0.39, 0.29) is 11.9 Å². The van der Waals surface area contributed by atoms with E-state index in [1.165, 1.54) is 32.1 Å². The minimum absolute atomic E-state index is 0.0296. The summed E-state index contributed by atoms with van der Waals surface area (Å²) in [6, 6.07) is 0.529. The molecule has 15 heavy (non-hydrogen) atoms. The van der Waals surface area contributed by atoms with E-state index in [0.717, 1.165) is 6.54 Å². The van der Waals surface area contributed by atoms with E-state index >= 15 is 0 Å². The zero-order valence-corrected chi connectivity index (χ0v) is 10.3. The number of carbonyl (C=O) groups is 1. The monoisotopic (exact) mass is 212 g/mol. The number of nitrogens with one attached hydrogen (secondary N) is 1. The maximum absolute atomic E-state index is 11.8. The van der Waals surface area contributed by atoms with Crippen LogP contribution >= 0.6 is 0 Å². The van der Waals surface area contributed by atoms with Crippen molar-refractivity contribution in [3.63, 3.8) is 0 Å². The quantitative estimate of drug-likeness (QED) is 0.770. The predicted octanol–water partition coefficient (Wildman–Crippen LogP) is 1.78. The smallest absolute Gasteiger partial charge is 0.239 e. The van der Waals surface area contributed by atoms with Gasteiger partial charge >= 0.3 is 0 Å². The summed E-state index contributed by atoms with van der Waals surface area (Å²) < 4.78 is 0. The summed E-state index contributed by atoms with van der Waals surface area (Å²) in [5, 5.41) is 3.44. The van der Waals surface area contributed by atoms with Gasteiger partial charge in [0.15, 0.2) is 0 Å². The minimum Gasteiger partial charge on any atom is -0.345 e. The first kappa shape index (κ1) is 12.5. The van der Waals surface area contributed by atoms with Gasteiger partial charge in [-0.2, -0.15) is 0 Å². The average molecular weight is 212 g/mol. The molecular formula is C12H24N2O. The molecule has 1 aliphatic rings. The molecule has 1 N–H and O–H groups in total. The van der Waals surface area contributed by atoms with Crippen LogP contribution in [-0.2, 0) is 4.79 Å². The van der Waals surface area contributed by atoms with Crippen molar-refractivity contribution in [1.29, 1.82) is 0 Å². The van der Waals surface area contributed by atoms with E-state index in [2.05, 4.69) is 5.32 Å². The number of likely N-dealkylation sites (N-methyl/N-ethyl adjacent to an activating group) is 1. The predicted molar refractivity (Wildman–Crippen MR) is 62.8 cm³/mol. The van der Waals surface area contributed by atoms with Gasteiger partial charge in [-0.15, -0.1) is 0 Å². The first-order chi connectivity index (χ1) is 7.15. The van der Waals surface area contributed by atoms with E-state index in [4.69, 9.17) is 0 Å². The topological polar surface area (TPSA) is 32.3 Å². The van der Waals surface area contributed by atoms with Crippen LogP contribution in [-0.4, -0.2) is 36.5 Å². The summed E-state index contributed by atoms with van der Waals surface area (Å²) in [5.74, 6) is 0.211. The van der Waals surface area contributed by atoms with Crippen LogP contribution in [0.3, 0.4) is 0 Å². The Labute approximate surface area is 93.2 Å². The van der Waals surface area contributed by atoms with E-state index in [1.807, 2.05) is 20.9 Å². The van der Waals surface area contributed by atoms with Crippen LogP contribution in [0, 0.1) is 0 Å².